The van der Waals surface area contributed by atoms with E-state index in [1.807, 2.05) is 0 Å². The Morgan fingerprint density at radius 1 is 1.56 bits per heavy atom. The van der Waals surface area contributed by atoms with Crippen LogP contribution in [0.15, 0.2) is 12.3 Å². The van der Waals surface area contributed by atoms with Gasteiger partial charge in [-0.05, 0) is 32.8 Å². The van der Waals surface area contributed by atoms with Gasteiger partial charge in [0.25, 0.3) is 0 Å². The number of nitrogens with two attached hydrogens (primary N) is 1. The van der Waals surface area contributed by atoms with E-state index in [4.69, 9.17) is 10.5 Å². The van der Waals surface area contributed by atoms with Crippen LogP contribution in [0, 0.1) is 0 Å². The summed E-state index contributed by atoms with van der Waals surface area (Å²) in [6.45, 7) is 5.08. The van der Waals surface area contributed by atoms with Gasteiger partial charge in [-0.1, -0.05) is 0 Å². The van der Waals surface area contributed by atoms with Gasteiger partial charge in [0.15, 0.2) is 0 Å². The van der Waals surface area contributed by atoms with Gasteiger partial charge >= 0.3 is 5.97 Å². The maximum absolute atomic E-state index is 11.8. The average molecular weight is 249 g/mol. The molecule has 0 amide bonds. The first kappa shape index (κ1) is 12.7. The lowest BCUT2D eigenvalue weighted by molar-refractivity contribution is 0.0527. The monoisotopic (exact) mass is 249 g/mol. The van der Waals surface area contributed by atoms with E-state index in [2.05, 4.69) is 16.8 Å². The molecule has 0 aromatic carbocycles. The first-order valence-corrected chi connectivity index (χ1v) is 6.36. The number of carbonyl (C=O) groups excluding carboxylic acids is 1. The number of nitrogens with zero attached hydrogens (tertiary/aromatic N) is 2. The SMILES string of the molecule is CCOC(=O)c1cc(N(CC)C2CC2)ncc1N. The molecule has 1 aliphatic carbocycles. The zero-order valence-electron chi connectivity index (χ0n) is 10.8. The van der Waals surface area contributed by atoms with Crippen LogP contribution in [0.5, 0.6) is 0 Å². The lowest BCUT2D eigenvalue weighted by Crippen LogP contribution is -2.26. The molecule has 2 rings (SSSR count). The fourth-order valence-electron chi connectivity index (χ4n) is 1.99. The average Bonchev–Trinajstić information content (AvgIpc) is 3.17. The number of esters is 1. The van der Waals surface area contributed by atoms with Gasteiger partial charge in [0.2, 0.25) is 0 Å². The number of hydrogen-bond acceptors (Lipinski definition) is 5. The molecule has 5 nitrogen and oxygen atoms in total. The third-order valence-electron chi connectivity index (χ3n) is 3.04. The van der Waals surface area contributed by atoms with Crippen LogP contribution in [0.25, 0.3) is 0 Å². The molecule has 0 spiro atoms. The van der Waals surface area contributed by atoms with E-state index >= 15 is 0 Å². The minimum atomic E-state index is -0.384. The van der Waals surface area contributed by atoms with E-state index in [0.29, 0.717) is 23.9 Å². The standard InChI is InChI=1S/C13H19N3O2/c1-3-16(9-5-6-9)12-7-10(11(14)8-15-12)13(17)18-4-2/h7-9H,3-6,14H2,1-2H3. The van der Waals surface area contributed by atoms with Crippen LogP contribution >= 0.6 is 0 Å². The summed E-state index contributed by atoms with van der Waals surface area (Å²) >= 11 is 0. The van der Waals surface area contributed by atoms with Gasteiger partial charge in [0, 0.05) is 12.6 Å². The molecule has 98 valence electrons. The molecule has 1 heterocycles. The topological polar surface area (TPSA) is 68.5 Å². The lowest BCUT2D eigenvalue weighted by Gasteiger charge is -2.22. The van der Waals surface area contributed by atoms with Crippen LogP contribution in [0.2, 0.25) is 0 Å². The van der Waals surface area contributed by atoms with E-state index < -0.39 is 0 Å². The summed E-state index contributed by atoms with van der Waals surface area (Å²) in [4.78, 5) is 18.3. The Kier molecular flexibility index (Phi) is 3.69. The second-order valence-corrected chi connectivity index (χ2v) is 4.37. The summed E-state index contributed by atoms with van der Waals surface area (Å²) in [7, 11) is 0. The molecule has 0 unspecified atom stereocenters. The van der Waals surface area contributed by atoms with Crippen LogP contribution in [0.3, 0.4) is 0 Å². The zero-order valence-corrected chi connectivity index (χ0v) is 10.8. The molecule has 1 fully saturated rings. The highest BCUT2D eigenvalue weighted by atomic mass is 16.5. The van der Waals surface area contributed by atoms with Crippen molar-refractivity contribution in [1.29, 1.82) is 0 Å². The number of nitrogen functional groups attached to an aromatic ring is 1. The molecule has 0 bridgehead atoms. The van der Waals surface area contributed by atoms with Gasteiger partial charge in [0.05, 0.1) is 24.1 Å². The number of aromatic nitrogens is 1. The van der Waals surface area contributed by atoms with Gasteiger partial charge in [-0.2, -0.15) is 0 Å². The van der Waals surface area contributed by atoms with E-state index in [1.165, 1.54) is 19.0 Å². The second kappa shape index (κ2) is 5.25. The Morgan fingerprint density at radius 3 is 2.83 bits per heavy atom. The molecule has 1 aromatic heterocycles. The van der Waals surface area contributed by atoms with Crippen molar-refractivity contribution in [2.45, 2.75) is 32.7 Å². The summed E-state index contributed by atoms with van der Waals surface area (Å²) in [5, 5.41) is 0. The van der Waals surface area contributed by atoms with E-state index in [-0.39, 0.29) is 5.97 Å². The predicted octanol–water partition coefficient (Wildman–Crippen LogP) is 1.83. The smallest absolute Gasteiger partial charge is 0.340 e. The van der Waals surface area contributed by atoms with Crippen molar-refractivity contribution in [2.75, 3.05) is 23.8 Å². The Bertz CT molecular complexity index is 444. The van der Waals surface area contributed by atoms with Crippen molar-refractivity contribution in [3.63, 3.8) is 0 Å². The first-order chi connectivity index (χ1) is 8.67. The van der Waals surface area contributed by atoms with Crippen molar-refractivity contribution in [3.05, 3.63) is 17.8 Å². The number of rotatable bonds is 5. The number of pyridine rings is 1. The Hall–Kier alpha value is -1.78. The summed E-state index contributed by atoms with van der Waals surface area (Å²) in [5.41, 5.74) is 6.54. The van der Waals surface area contributed by atoms with Crippen molar-refractivity contribution in [1.82, 2.24) is 4.98 Å². The Labute approximate surface area is 107 Å². The van der Waals surface area contributed by atoms with Crippen molar-refractivity contribution >= 4 is 17.5 Å². The molecular formula is C13H19N3O2. The van der Waals surface area contributed by atoms with E-state index in [1.54, 1.807) is 13.0 Å². The highest BCUT2D eigenvalue weighted by Crippen LogP contribution is 2.31. The highest BCUT2D eigenvalue weighted by molar-refractivity contribution is 5.95. The minimum Gasteiger partial charge on any atom is -0.462 e. The number of anilines is 2. The van der Waals surface area contributed by atoms with Crippen LogP contribution in [0.4, 0.5) is 11.5 Å². The van der Waals surface area contributed by atoms with Crippen molar-refractivity contribution in [3.8, 4) is 0 Å². The quantitative estimate of drug-likeness (QED) is 0.806. The fraction of sp³-hybridized carbons (Fsp3) is 0.538. The molecule has 1 saturated carbocycles. The first-order valence-electron chi connectivity index (χ1n) is 6.36. The lowest BCUT2D eigenvalue weighted by atomic mass is 10.2. The van der Waals surface area contributed by atoms with Gasteiger partial charge in [-0.3, -0.25) is 0 Å². The number of carbonyl (C=O) groups is 1. The fourth-order valence-corrected chi connectivity index (χ4v) is 1.99. The molecule has 0 radical (unpaired) electrons. The van der Waals surface area contributed by atoms with Gasteiger partial charge in [-0.15, -0.1) is 0 Å². The van der Waals surface area contributed by atoms with Gasteiger partial charge in [-0.25, -0.2) is 9.78 Å². The Morgan fingerprint density at radius 2 is 2.28 bits per heavy atom. The maximum atomic E-state index is 11.8. The molecule has 2 N–H and O–H groups in total. The molecule has 0 aliphatic heterocycles. The third-order valence-corrected chi connectivity index (χ3v) is 3.04. The highest BCUT2D eigenvalue weighted by Gasteiger charge is 2.29. The molecular weight excluding hydrogens is 230 g/mol. The van der Waals surface area contributed by atoms with Crippen LogP contribution in [0.1, 0.15) is 37.0 Å². The molecule has 1 aromatic rings. The Balaban J connectivity index is 2.27. The summed E-state index contributed by atoms with van der Waals surface area (Å²) in [5.74, 6) is 0.419. The third kappa shape index (κ3) is 2.55. The number of hydrogen-bond donors (Lipinski definition) is 1. The molecule has 1 aliphatic rings. The van der Waals surface area contributed by atoms with E-state index in [0.717, 1.165) is 12.4 Å². The summed E-state index contributed by atoms with van der Waals surface area (Å²) < 4.78 is 4.99. The molecule has 18 heavy (non-hydrogen) atoms. The number of ether oxygens (including phenoxy) is 1. The minimum absolute atomic E-state index is 0.343. The molecule has 0 saturated heterocycles. The maximum Gasteiger partial charge on any atom is 0.340 e. The van der Waals surface area contributed by atoms with Crippen LogP contribution < -0.4 is 10.6 Å². The predicted molar refractivity (Wildman–Crippen MR) is 70.6 cm³/mol. The summed E-state index contributed by atoms with van der Waals surface area (Å²) in [6, 6.07) is 2.29. The van der Waals surface area contributed by atoms with Crippen LogP contribution in [-0.2, 0) is 4.74 Å². The van der Waals surface area contributed by atoms with Crippen molar-refractivity contribution in [2.24, 2.45) is 0 Å². The van der Waals surface area contributed by atoms with Gasteiger partial charge < -0.3 is 15.4 Å². The summed E-state index contributed by atoms with van der Waals surface area (Å²) in [6.07, 6.45) is 3.91. The second-order valence-electron chi connectivity index (χ2n) is 4.37. The largest absolute Gasteiger partial charge is 0.462 e. The van der Waals surface area contributed by atoms with E-state index in [9.17, 15) is 4.79 Å². The normalized spacial score (nSPS) is 14.3. The van der Waals surface area contributed by atoms with Gasteiger partial charge in [0.1, 0.15) is 5.82 Å². The van der Waals surface area contributed by atoms with Crippen LogP contribution in [-0.4, -0.2) is 30.1 Å². The molecule has 0 atom stereocenters. The van der Waals surface area contributed by atoms with Crippen molar-refractivity contribution < 1.29 is 9.53 Å². The zero-order chi connectivity index (χ0) is 13.1. The molecule has 5 heteroatoms.